The monoisotopic (exact) mass is 497 g/mol. The largest absolute Gasteiger partial charge is 0.496 e. The molecule has 0 atom stereocenters. The van der Waals surface area contributed by atoms with Gasteiger partial charge in [0.2, 0.25) is 0 Å². The van der Waals surface area contributed by atoms with Crippen molar-refractivity contribution in [2.75, 3.05) is 7.11 Å². The van der Waals surface area contributed by atoms with Gasteiger partial charge in [0.05, 0.1) is 29.0 Å². The van der Waals surface area contributed by atoms with Crippen LogP contribution in [-0.4, -0.2) is 11.5 Å². The summed E-state index contributed by atoms with van der Waals surface area (Å²) in [5.41, 5.74) is 6.50. The number of aromatic nitrogens is 1. The van der Waals surface area contributed by atoms with Crippen molar-refractivity contribution in [3.8, 4) is 5.75 Å². The maximum absolute atomic E-state index is 5.91. The molecule has 8 aromatic rings. The molecule has 8 rings (SSSR count). The van der Waals surface area contributed by atoms with Gasteiger partial charge in [-0.1, -0.05) is 39.0 Å². The van der Waals surface area contributed by atoms with Crippen LogP contribution >= 0.6 is 11.3 Å². The van der Waals surface area contributed by atoms with Gasteiger partial charge in [0, 0.05) is 36.3 Å². The van der Waals surface area contributed by atoms with Crippen LogP contribution in [0, 0.1) is 6.92 Å². The molecule has 0 aliphatic heterocycles. The molecule has 0 fully saturated rings. The maximum atomic E-state index is 5.91. The lowest BCUT2D eigenvalue weighted by Gasteiger charge is -2.19. The zero-order valence-corrected chi connectivity index (χ0v) is 22.5. The third-order valence-electron chi connectivity index (χ3n) is 8.19. The second kappa shape index (κ2) is 6.93. The first kappa shape index (κ1) is 21.3. The molecule has 5 aromatic carbocycles. The van der Waals surface area contributed by atoms with Crippen molar-refractivity contribution in [1.29, 1.82) is 0 Å². The highest BCUT2D eigenvalue weighted by atomic mass is 32.1. The quantitative estimate of drug-likeness (QED) is 0.220. The van der Waals surface area contributed by atoms with Crippen LogP contribution in [0.25, 0.3) is 69.0 Å². The Labute approximate surface area is 219 Å². The van der Waals surface area contributed by atoms with Crippen LogP contribution in [0.4, 0.5) is 0 Å². The Morgan fingerprint density at radius 1 is 0.676 bits per heavy atom. The highest BCUT2D eigenvalue weighted by Crippen LogP contribution is 2.46. The molecule has 0 amide bonds. The van der Waals surface area contributed by atoms with Gasteiger partial charge in [0.1, 0.15) is 5.75 Å². The number of thiophene rings is 1. The molecule has 0 unspecified atom stereocenters. The van der Waals surface area contributed by atoms with Gasteiger partial charge in [-0.25, -0.2) is 0 Å². The summed E-state index contributed by atoms with van der Waals surface area (Å²) in [5, 5.41) is 10.3. The van der Waals surface area contributed by atoms with Gasteiger partial charge in [-0.2, -0.15) is 0 Å². The average Bonchev–Trinajstić information content (AvgIpc) is 3.50. The zero-order valence-electron chi connectivity index (χ0n) is 21.7. The number of nitrogens with zero attached hydrogens (tertiary/aromatic N) is 1. The van der Waals surface area contributed by atoms with Crippen LogP contribution in [0.3, 0.4) is 0 Å². The van der Waals surface area contributed by atoms with Gasteiger partial charge >= 0.3 is 0 Å². The summed E-state index contributed by atoms with van der Waals surface area (Å²) in [4.78, 5) is 0. The van der Waals surface area contributed by atoms with E-state index in [-0.39, 0.29) is 5.41 Å². The predicted octanol–water partition coefficient (Wildman–Crippen LogP) is 9.97. The van der Waals surface area contributed by atoms with Crippen molar-refractivity contribution in [1.82, 2.24) is 4.40 Å². The number of benzene rings is 5. The molecule has 3 aromatic heterocycles. The molecule has 0 aliphatic carbocycles. The summed E-state index contributed by atoms with van der Waals surface area (Å²) in [6.07, 6.45) is 0. The minimum atomic E-state index is 0.0832. The summed E-state index contributed by atoms with van der Waals surface area (Å²) in [6.45, 7) is 9.00. The van der Waals surface area contributed by atoms with E-state index >= 15 is 0 Å². The third kappa shape index (κ3) is 2.75. The second-order valence-corrected chi connectivity index (χ2v) is 12.6. The molecule has 0 bridgehead atoms. The number of rotatable bonds is 1. The molecule has 0 aliphatic rings. The molecule has 3 heteroatoms. The maximum Gasteiger partial charge on any atom is 0.128 e. The van der Waals surface area contributed by atoms with Gasteiger partial charge in [-0.3, -0.25) is 0 Å². The lowest BCUT2D eigenvalue weighted by Crippen LogP contribution is -2.10. The minimum Gasteiger partial charge on any atom is -0.496 e. The number of hydrogen-bond acceptors (Lipinski definition) is 2. The first-order valence-electron chi connectivity index (χ1n) is 12.9. The van der Waals surface area contributed by atoms with Crippen molar-refractivity contribution < 1.29 is 4.74 Å². The Kier molecular flexibility index (Phi) is 3.99. The Bertz CT molecular complexity index is 2220. The summed E-state index contributed by atoms with van der Waals surface area (Å²) >= 11 is 1.90. The molecule has 180 valence electrons. The van der Waals surface area contributed by atoms with E-state index < -0.39 is 0 Å². The van der Waals surface area contributed by atoms with Crippen LogP contribution in [-0.2, 0) is 5.41 Å². The van der Waals surface area contributed by atoms with E-state index in [1.54, 1.807) is 7.11 Å². The third-order valence-corrected chi connectivity index (χ3v) is 9.30. The summed E-state index contributed by atoms with van der Waals surface area (Å²) in [5.74, 6) is 0.938. The van der Waals surface area contributed by atoms with Crippen molar-refractivity contribution >= 4 is 80.4 Å². The first-order chi connectivity index (χ1) is 17.8. The van der Waals surface area contributed by atoms with E-state index in [2.05, 4.69) is 105 Å². The van der Waals surface area contributed by atoms with Crippen LogP contribution in [0.5, 0.6) is 5.75 Å². The molecule has 37 heavy (non-hydrogen) atoms. The van der Waals surface area contributed by atoms with Gasteiger partial charge in [-0.05, 0) is 88.8 Å². The van der Waals surface area contributed by atoms with Crippen molar-refractivity contribution in [2.45, 2.75) is 33.1 Å². The average molecular weight is 498 g/mol. The molecule has 2 nitrogen and oxygen atoms in total. The van der Waals surface area contributed by atoms with E-state index in [4.69, 9.17) is 4.74 Å². The van der Waals surface area contributed by atoms with Crippen molar-refractivity contribution in [2.24, 2.45) is 0 Å². The number of methoxy groups -OCH3 is 1. The highest BCUT2D eigenvalue weighted by Gasteiger charge is 2.23. The fraction of sp³-hybridized carbons (Fsp3) is 0.176. The Morgan fingerprint density at radius 3 is 2.24 bits per heavy atom. The summed E-state index contributed by atoms with van der Waals surface area (Å²) in [7, 11) is 1.78. The van der Waals surface area contributed by atoms with E-state index in [0.29, 0.717) is 0 Å². The fourth-order valence-electron chi connectivity index (χ4n) is 6.29. The predicted molar refractivity (Wildman–Crippen MR) is 161 cm³/mol. The molecule has 0 N–H and O–H groups in total. The van der Waals surface area contributed by atoms with Crippen LogP contribution in [0.1, 0.15) is 31.9 Å². The minimum absolute atomic E-state index is 0.0832. The van der Waals surface area contributed by atoms with E-state index in [9.17, 15) is 0 Å². The topological polar surface area (TPSA) is 13.6 Å². The molecule has 3 heterocycles. The lowest BCUT2D eigenvalue weighted by atomic mass is 9.86. The molecule has 0 saturated heterocycles. The van der Waals surface area contributed by atoms with E-state index in [1.807, 2.05) is 11.3 Å². The molecular weight excluding hydrogens is 470 g/mol. The molecular formula is C34H27NOS. The highest BCUT2D eigenvalue weighted by molar-refractivity contribution is 7.25. The van der Waals surface area contributed by atoms with E-state index in [0.717, 1.165) is 5.75 Å². The number of aryl methyl sites for hydroxylation is 1. The van der Waals surface area contributed by atoms with Crippen molar-refractivity contribution in [3.63, 3.8) is 0 Å². The van der Waals surface area contributed by atoms with Gasteiger partial charge in [0.25, 0.3) is 0 Å². The number of ether oxygens (including phenoxy) is 1. The molecule has 0 radical (unpaired) electrons. The first-order valence-corrected chi connectivity index (χ1v) is 13.7. The fourth-order valence-corrected chi connectivity index (χ4v) is 7.52. The normalized spacial score (nSPS) is 13.0. The Morgan fingerprint density at radius 2 is 1.43 bits per heavy atom. The molecule has 0 spiro atoms. The SMILES string of the molecule is COc1ccc2c3cc4cc5c(cc4cc3n3c4ccc(C(C)(C)C)cc4c1c23)sc1cc(C)ccc15. The Hall–Kier alpha value is -3.82. The van der Waals surface area contributed by atoms with Gasteiger partial charge in [0.15, 0.2) is 0 Å². The van der Waals surface area contributed by atoms with Gasteiger partial charge < -0.3 is 9.14 Å². The number of hydrogen-bond donors (Lipinski definition) is 0. The summed E-state index contributed by atoms with van der Waals surface area (Å²) in [6, 6.07) is 27.7. The lowest BCUT2D eigenvalue weighted by molar-refractivity contribution is 0.420. The second-order valence-electron chi connectivity index (χ2n) is 11.5. The zero-order chi connectivity index (χ0) is 25.2. The smallest absolute Gasteiger partial charge is 0.128 e. The molecule has 0 saturated carbocycles. The Balaban J connectivity index is 1.54. The number of fused-ring (bicyclic) bond motifs is 10. The van der Waals surface area contributed by atoms with Gasteiger partial charge in [-0.15, -0.1) is 11.3 Å². The van der Waals surface area contributed by atoms with Crippen molar-refractivity contribution in [3.05, 3.63) is 83.9 Å². The van der Waals surface area contributed by atoms with Crippen LogP contribution < -0.4 is 4.74 Å². The van der Waals surface area contributed by atoms with Crippen LogP contribution in [0.2, 0.25) is 0 Å². The van der Waals surface area contributed by atoms with E-state index in [1.165, 1.54) is 80.2 Å². The van der Waals surface area contributed by atoms with Crippen LogP contribution in [0.15, 0.2) is 72.8 Å². The standard InChI is InChI=1S/C34H27NOS/c1-18-6-8-22-25-14-19-13-24-23-9-11-29(36-5)32-26-17-21(34(2,3)4)7-10-27(26)35(33(23)32)28(24)15-20(19)16-31(25)37-30(22)12-18/h6-17H,1-5H3. The summed E-state index contributed by atoms with van der Waals surface area (Å²) < 4.78 is 11.1.